The van der Waals surface area contributed by atoms with Gasteiger partial charge >= 0.3 is 6.09 Å². The molecule has 234 valence electrons. The standard InChI is InChI=1S/C35H39N5O5/c1-24-8-3-14-32(25(24)2)45-19-7-15-33(41)40-18-6-12-30-29(11-5-13-31(30)40)28-21-38-39(23-28)22-26-9-4-10-27(20-26)34(42)36-16-17-37-35(43)44/h3-5,8-11,13-14,20-21,23,37H,6-7,12,15-19,22H2,1-2H3,(H,36,42)(H,43,44). The summed E-state index contributed by atoms with van der Waals surface area (Å²) in [5.41, 5.74) is 7.88. The Balaban J connectivity index is 1.21. The SMILES string of the molecule is Cc1cccc(OCCCC(=O)N2CCCc3c(-c4cnn(Cc5cccc(C(=O)NCCNC(=O)O)c5)c4)cccc32)c1C. The highest BCUT2D eigenvalue weighted by molar-refractivity contribution is 5.96. The molecule has 0 unspecified atom stereocenters. The molecule has 3 N–H and O–H groups in total. The lowest BCUT2D eigenvalue weighted by Crippen LogP contribution is -2.35. The Hall–Kier alpha value is -5.12. The van der Waals surface area contributed by atoms with E-state index in [0.29, 0.717) is 38.1 Å². The van der Waals surface area contributed by atoms with Crippen LogP contribution in [0.5, 0.6) is 5.75 Å². The number of carboxylic acid groups (broad SMARTS) is 1. The molecule has 0 aliphatic carbocycles. The number of hydrogen-bond donors (Lipinski definition) is 3. The Labute approximate surface area is 263 Å². The number of carbonyl (C=O) groups is 3. The summed E-state index contributed by atoms with van der Waals surface area (Å²) in [4.78, 5) is 38.3. The molecule has 4 aromatic rings. The van der Waals surface area contributed by atoms with Crippen LogP contribution in [0.25, 0.3) is 11.1 Å². The third-order valence-electron chi connectivity index (χ3n) is 8.06. The lowest BCUT2D eigenvalue weighted by Gasteiger charge is -2.31. The zero-order valence-electron chi connectivity index (χ0n) is 25.7. The van der Waals surface area contributed by atoms with Crippen LogP contribution < -0.4 is 20.3 Å². The predicted octanol–water partition coefficient (Wildman–Crippen LogP) is 5.35. The molecule has 3 amide bonds. The van der Waals surface area contributed by atoms with Crippen molar-refractivity contribution in [1.29, 1.82) is 0 Å². The first kappa shape index (κ1) is 31.3. The zero-order valence-corrected chi connectivity index (χ0v) is 25.7. The highest BCUT2D eigenvalue weighted by Crippen LogP contribution is 2.36. The second kappa shape index (κ2) is 14.6. The second-order valence-corrected chi connectivity index (χ2v) is 11.2. The lowest BCUT2D eigenvalue weighted by atomic mass is 9.93. The minimum atomic E-state index is -1.13. The average molecular weight is 610 g/mol. The van der Waals surface area contributed by atoms with E-state index in [1.54, 1.807) is 6.07 Å². The number of ether oxygens (including phenoxy) is 1. The first-order valence-corrected chi connectivity index (χ1v) is 15.3. The van der Waals surface area contributed by atoms with Gasteiger partial charge in [-0.25, -0.2) is 4.79 Å². The summed E-state index contributed by atoms with van der Waals surface area (Å²) in [6.45, 7) is 6.12. The fourth-order valence-electron chi connectivity index (χ4n) is 5.61. The van der Waals surface area contributed by atoms with E-state index in [9.17, 15) is 14.4 Å². The van der Waals surface area contributed by atoms with Gasteiger partial charge in [-0.15, -0.1) is 0 Å². The summed E-state index contributed by atoms with van der Waals surface area (Å²) in [7, 11) is 0. The molecule has 2 heterocycles. The van der Waals surface area contributed by atoms with Crippen LogP contribution in [0.3, 0.4) is 0 Å². The Morgan fingerprint density at radius 1 is 1.00 bits per heavy atom. The molecule has 0 spiro atoms. The molecule has 1 aliphatic heterocycles. The van der Waals surface area contributed by atoms with Gasteiger partial charge in [0, 0.05) is 49.1 Å². The molecule has 10 nitrogen and oxygen atoms in total. The van der Waals surface area contributed by atoms with Gasteiger partial charge in [-0.1, -0.05) is 36.4 Å². The first-order chi connectivity index (χ1) is 21.8. The number of carbonyl (C=O) groups excluding carboxylic acids is 2. The van der Waals surface area contributed by atoms with Gasteiger partial charge < -0.3 is 25.4 Å². The van der Waals surface area contributed by atoms with Gasteiger partial charge in [0.1, 0.15) is 5.75 Å². The summed E-state index contributed by atoms with van der Waals surface area (Å²) in [6.07, 6.45) is 5.55. The third kappa shape index (κ3) is 7.89. The number of aromatic nitrogens is 2. The monoisotopic (exact) mass is 609 g/mol. The summed E-state index contributed by atoms with van der Waals surface area (Å²) >= 11 is 0. The van der Waals surface area contributed by atoms with Crippen LogP contribution in [0.4, 0.5) is 10.5 Å². The van der Waals surface area contributed by atoms with Gasteiger partial charge in [-0.3, -0.25) is 14.3 Å². The van der Waals surface area contributed by atoms with Gasteiger partial charge in [0.15, 0.2) is 0 Å². The maximum absolute atomic E-state index is 13.3. The molecule has 1 aliphatic rings. The van der Waals surface area contributed by atoms with Crippen molar-refractivity contribution in [3.63, 3.8) is 0 Å². The number of hydrogen-bond acceptors (Lipinski definition) is 5. The fourth-order valence-corrected chi connectivity index (χ4v) is 5.61. The van der Waals surface area contributed by atoms with Gasteiger partial charge in [0.25, 0.3) is 5.91 Å². The van der Waals surface area contributed by atoms with E-state index in [0.717, 1.165) is 52.1 Å². The molecule has 0 saturated heterocycles. The summed E-state index contributed by atoms with van der Waals surface area (Å²) < 4.78 is 7.81. The number of nitrogens with one attached hydrogen (secondary N) is 2. The van der Waals surface area contributed by atoms with Crippen LogP contribution >= 0.6 is 0 Å². The van der Waals surface area contributed by atoms with Crippen molar-refractivity contribution < 1.29 is 24.2 Å². The predicted molar refractivity (Wildman–Crippen MR) is 173 cm³/mol. The van der Waals surface area contributed by atoms with Gasteiger partial charge in [0.2, 0.25) is 5.91 Å². The molecule has 45 heavy (non-hydrogen) atoms. The van der Waals surface area contributed by atoms with Crippen LogP contribution in [0, 0.1) is 13.8 Å². The quantitative estimate of drug-likeness (QED) is 0.186. The number of amides is 3. The first-order valence-electron chi connectivity index (χ1n) is 15.3. The van der Waals surface area contributed by atoms with Crippen LogP contribution in [0.1, 0.15) is 51.9 Å². The van der Waals surface area contributed by atoms with E-state index < -0.39 is 6.09 Å². The number of rotatable bonds is 12. The Kier molecular flexibility index (Phi) is 10.1. The van der Waals surface area contributed by atoms with Crippen LogP contribution in [0.2, 0.25) is 0 Å². The summed E-state index contributed by atoms with van der Waals surface area (Å²) in [5.74, 6) is 0.710. The summed E-state index contributed by atoms with van der Waals surface area (Å²) in [5, 5.41) is 18.2. The number of benzene rings is 3. The van der Waals surface area contributed by atoms with Crippen LogP contribution in [-0.4, -0.2) is 59.0 Å². The number of nitrogens with zero attached hydrogens (tertiary/aromatic N) is 3. The molecule has 0 radical (unpaired) electrons. The minimum absolute atomic E-state index is 0.107. The van der Waals surface area contributed by atoms with Crippen LogP contribution in [0.15, 0.2) is 73.1 Å². The number of aryl methyl sites for hydroxylation is 1. The van der Waals surface area contributed by atoms with Crippen molar-refractivity contribution in [3.8, 4) is 16.9 Å². The largest absolute Gasteiger partial charge is 0.493 e. The Morgan fingerprint density at radius 3 is 2.64 bits per heavy atom. The van der Waals surface area contributed by atoms with Crippen molar-refractivity contribution in [3.05, 3.63) is 101 Å². The smallest absolute Gasteiger partial charge is 0.404 e. The van der Waals surface area contributed by atoms with Crippen molar-refractivity contribution in [2.75, 3.05) is 31.1 Å². The van der Waals surface area contributed by atoms with Crippen molar-refractivity contribution in [2.24, 2.45) is 0 Å². The van der Waals surface area contributed by atoms with Crippen molar-refractivity contribution >= 4 is 23.6 Å². The molecule has 3 aromatic carbocycles. The second-order valence-electron chi connectivity index (χ2n) is 11.2. The third-order valence-corrected chi connectivity index (χ3v) is 8.06. The van der Waals surface area contributed by atoms with E-state index in [-0.39, 0.29) is 24.9 Å². The van der Waals surface area contributed by atoms with E-state index in [1.807, 2.05) is 64.4 Å². The fraction of sp³-hybridized carbons (Fsp3) is 0.314. The molecule has 10 heteroatoms. The Bertz CT molecular complexity index is 1680. The maximum atomic E-state index is 13.3. The van der Waals surface area contributed by atoms with E-state index in [1.165, 1.54) is 5.56 Å². The highest BCUT2D eigenvalue weighted by atomic mass is 16.5. The number of anilines is 1. The molecule has 5 rings (SSSR count). The molecular weight excluding hydrogens is 570 g/mol. The van der Waals surface area contributed by atoms with E-state index in [2.05, 4.69) is 41.7 Å². The van der Waals surface area contributed by atoms with Gasteiger partial charge in [-0.2, -0.15) is 5.10 Å². The van der Waals surface area contributed by atoms with E-state index in [4.69, 9.17) is 9.84 Å². The molecule has 0 bridgehead atoms. The lowest BCUT2D eigenvalue weighted by molar-refractivity contribution is -0.118. The molecule has 0 saturated carbocycles. The van der Waals surface area contributed by atoms with Crippen molar-refractivity contribution in [2.45, 2.75) is 46.1 Å². The van der Waals surface area contributed by atoms with Crippen molar-refractivity contribution in [1.82, 2.24) is 20.4 Å². The Morgan fingerprint density at radius 2 is 1.80 bits per heavy atom. The average Bonchev–Trinajstić information content (AvgIpc) is 3.50. The molecule has 0 atom stereocenters. The van der Waals surface area contributed by atoms with Gasteiger partial charge in [-0.05, 0) is 85.2 Å². The molecular formula is C35H39N5O5. The van der Waals surface area contributed by atoms with E-state index >= 15 is 0 Å². The normalized spacial score (nSPS) is 12.4. The molecule has 0 fully saturated rings. The summed E-state index contributed by atoms with van der Waals surface area (Å²) in [6, 6.07) is 19.4. The zero-order chi connectivity index (χ0) is 31.8. The minimum Gasteiger partial charge on any atom is -0.493 e. The topological polar surface area (TPSA) is 126 Å². The highest BCUT2D eigenvalue weighted by Gasteiger charge is 2.25. The molecule has 1 aromatic heterocycles. The van der Waals surface area contributed by atoms with Crippen LogP contribution in [-0.2, 0) is 17.8 Å². The number of fused-ring (bicyclic) bond motifs is 1. The van der Waals surface area contributed by atoms with Gasteiger partial charge in [0.05, 0.1) is 19.3 Å². The maximum Gasteiger partial charge on any atom is 0.404 e.